The zero-order valence-electron chi connectivity index (χ0n) is 10.4. The number of aryl methyl sites for hydroxylation is 1. The van der Waals surface area contributed by atoms with E-state index in [4.69, 9.17) is 5.73 Å². The van der Waals surface area contributed by atoms with E-state index in [1.165, 1.54) is 24.3 Å². The summed E-state index contributed by atoms with van der Waals surface area (Å²) in [6.07, 6.45) is 1.02. The molecule has 0 aliphatic heterocycles. The summed E-state index contributed by atoms with van der Waals surface area (Å²) in [7, 11) is 0. The maximum atomic E-state index is 12.7. The zero-order valence-corrected chi connectivity index (χ0v) is 10.4. The number of benzene rings is 2. The first-order valence-corrected chi connectivity index (χ1v) is 6.03. The molecular weight excluding hydrogens is 243 g/mol. The Kier molecular flexibility index (Phi) is 4.13. The van der Waals surface area contributed by atoms with Crippen molar-refractivity contribution in [3.05, 3.63) is 59.9 Å². The van der Waals surface area contributed by atoms with Gasteiger partial charge in [0, 0.05) is 17.8 Å². The van der Waals surface area contributed by atoms with E-state index in [0.717, 1.165) is 5.56 Å². The normalized spacial score (nSPS) is 10.2. The minimum atomic E-state index is -0.320. The molecule has 2 rings (SSSR count). The number of carbonyl (C=O) groups is 1. The highest BCUT2D eigenvalue weighted by Crippen LogP contribution is 2.11. The highest BCUT2D eigenvalue weighted by atomic mass is 19.1. The Bertz CT molecular complexity index is 549. The Balaban J connectivity index is 1.84. The first-order valence-electron chi connectivity index (χ1n) is 6.03. The van der Waals surface area contributed by atoms with Gasteiger partial charge in [-0.15, -0.1) is 0 Å². The summed E-state index contributed by atoms with van der Waals surface area (Å²) < 4.78 is 12.7. The summed E-state index contributed by atoms with van der Waals surface area (Å²) in [4.78, 5) is 11.7. The van der Waals surface area contributed by atoms with Crippen LogP contribution in [0.5, 0.6) is 0 Å². The molecule has 0 saturated heterocycles. The minimum Gasteiger partial charge on any atom is -0.399 e. The lowest BCUT2D eigenvalue weighted by Gasteiger charge is -2.05. The van der Waals surface area contributed by atoms with Crippen molar-refractivity contribution >= 4 is 17.3 Å². The van der Waals surface area contributed by atoms with E-state index in [1.54, 1.807) is 0 Å². The van der Waals surface area contributed by atoms with Gasteiger partial charge in [0.05, 0.1) is 0 Å². The lowest BCUT2D eigenvalue weighted by atomic mass is 10.1. The van der Waals surface area contributed by atoms with Crippen LogP contribution in [-0.2, 0) is 11.2 Å². The highest BCUT2D eigenvalue weighted by molar-refractivity contribution is 5.90. The molecule has 0 fully saturated rings. The van der Waals surface area contributed by atoms with Crippen LogP contribution in [0.15, 0.2) is 48.5 Å². The summed E-state index contributed by atoms with van der Waals surface area (Å²) in [5.41, 5.74) is 7.95. The number of rotatable bonds is 4. The van der Waals surface area contributed by atoms with Gasteiger partial charge in [-0.1, -0.05) is 12.1 Å². The van der Waals surface area contributed by atoms with E-state index in [1.807, 2.05) is 24.3 Å². The fourth-order valence-electron chi connectivity index (χ4n) is 1.70. The van der Waals surface area contributed by atoms with Crippen LogP contribution in [0.3, 0.4) is 0 Å². The smallest absolute Gasteiger partial charge is 0.224 e. The van der Waals surface area contributed by atoms with Crippen LogP contribution in [-0.4, -0.2) is 5.91 Å². The van der Waals surface area contributed by atoms with Crippen LogP contribution in [0.1, 0.15) is 12.0 Å². The molecule has 3 nitrogen and oxygen atoms in total. The van der Waals surface area contributed by atoms with E-state index in [0.29, 0.717) is 24.2 Å². The molecule has 0 aliphatic carbocycles. The van der Waals surface area contributed by atoms with Gasteiger partial charge in [-0.2, -0.15) is 0 Å². The van der Waals surface area contributed by atoms with Crippen molar-refractivity contribution in [1.29, 1.82) is 0 Å². The number of hydrogen-bond donors (Lipinski definition) is 2. The number of nitrogens with one attached hydrogen (secondary N) is 1. The SMILES string of the molecule is Nc1ccc(CCC(=O)Nc2ccc(F)cc2)cc1. The lowest BCUT2D eigenvalue weighted by Crippen LogP contribution is -2.12. The maximum absolute atomic E-state index is 12.7. The van der Waals surface area contributed by atoms with Crippen LogP contribution in [0.4, 0.5) is 15.8 Å². The second kappa shape index (κ2) is 6.00. The molecule has 0 atom stereocenters. The molecule has 0 unspecified atom stereocenters. The largest absolute Gasteiger partial charge is 0.399 e. The van der Waals surface area contributed by atoms with Crippen LogP contribution < -0.4 is 11.1 Å². The van der Waals surface area contributed by atoms with Crippen molar-refractivity contribution in [3.8, 4) is 0 Å². The molecule has 0 saturated carbocycles. The average molecular weight is 258 g/mol. The predicted molar refractivity (Wildman–Crippen MR) is 74.2 cm³/mol. The number of nitrogens with two attached hydrogens (primary N) is 1. The van der Waals surface area contributed by atoms with Crippen molar-refractivity contribution in [2.75, 3.05) is 11.1 Å². The molecule has 0 radical (unpaired) electrons. The first kappa shape index (κ1) is 13.1. The van der Waals surface area contributed by atoms with E-state index in [2.05, 4.69) is 5.32 Å². The van der Waals surface area contributed by atoms with Gasteiger partial charge >= 0.3 is 0 Å². The van der Waals surface area contributed by atoms with Crippen molar-refractivity contribution in [2.45, 2.75) is 12.8 Å². The summed E-state index contributed by atoms with van der Waals surface area (Å²) >= 11 is 0. The number of anilines is 2. The van der Waals surface area contributed by atoms with Crippen LogP contribution in [0.25, 0.3) is 0 Å². The second-order valence-corrected chi connectivity index (χ2v) is 4.30. The van der Waals surface area contributed by atoms with E-state index in [9.17, 15) is 9.18 Å². The molecule has 19 heavy (non-hydrogen) atoms. The Morgan fingerprint density at radius 1 is 1.05 bits per heavy atom. The number of amides is 1. The molecule has 0 bridgehead atoms. The molecule has 3 N–H and O–H groups in total. The third-order valence-electron chi connectivity index (χ3n) is 2.75. The molecule has 2 aromatic carbocycles. The van der Waals surface area contributed by atoms with E-state index >= 15 is 0 Å². The summed E-state index contributed by atoms with van der Waals surface area (Å²) in [5, 5.41) is 2.72. The van der Waals surface area contributed by atoms with Crippen LogP contribution in [0.2, 0.25) is 0 Å². The lowest BCUT2D eigenvalue weighted by molar-refractivity contribution is -0.116. The van der Waals surface area contributed by atoms with Gasteiger partial charge in [0.1, 0.15) is 5.82 Å². The Morgan fingerprint density at radius 3 is 2.32 bits per heavy atom. The monoisotopic (exact) mass is 258 g/mol. The number of carbonyl (C=O) groups excluding carboxylic acids is 1. The summed E-state index contributed by atoms with van der Waals surface area (Å²) in [6.45, 7) is 0. The zero-order chi connectivity index (χ0) is 13.7. The van der Waals surface area contributed by atoms with Crippen molar-refractivity contribution in [1.82, 2.24) is 0 Å². The minimum absolute atomic E-state index is 0.0940. The van der Waals surface area contributed by atoms with Gasteiger partial charge in [-0.3, -0.25) is 4.79 Å². The predicted octanol–water partition coefficient (Wildman–Crippen LogP) is 2.98. The molecule has 4 heteroatoms. The molecular formula is C15H15FN2O. The molecule has 0 heterocycles. The molecule has 1 amide bonds. The van der Waals surface area contributed by atoms with Gasteiger partial charge in [-0.05, 0) is 48.4 Å². The molecule has 2 aromatic rings. The average Bonchev–Trinajstić information content (AvgIpc) is 2.41. The molecule has 98 valence electrons. The van der Waals surface area contributed by atoms with E-state index < -0.39 is 0 Å². The fourth-order valence-corrected chi connectivity index (χ4v) is 1.70. The maximum Gasteiger partial charge on any atom is 0.224 e. The first-order chi connectivity index (χ1) is 9.13. The van der Waals surface area contributed by atoms with Crippen LogP contribution in [0, 0.1) is 5.82 Å². The fraction of sp³-hybridized carbons (Fsp3) is 0.133. The molecule has 0 aromatic heterocycles. The van der Waals surface area contributed by atoms with Gasteiger partial charge in [-0.25, -0.2) is 4.39 Å². The number of halogens is 1. The second-order valence-electron chi connectivity index (χ2n) is 4.30. The molecule has 0 aliphatic rings. The summed E-state index contributed by atoms with van der Waals surface area (Å²) in [6, 6.07) is 13.1. The van der Waals surface area contributed by atoms with Crippen LogP contribution >= 0.6 is 0 Å². The van der Waals surface area contributed by atoms with Crippen molar-refractivity contribution < 1.29 is 9.18 Å². The highest BCUT2D eigenvalue weighted by Gasteiger charge is 2.03. The van der Waals surface area contributed by atoms with Gasteiger partial charge in [0.15, 0.2) is 0 Å². The molecule has 0 spiro atoms. The topological polar surface area (TPSA) is 55.1 Å². The van der Waals surface area contributed by atoms with Gasteiger partial charge in [0.25, 0.3) is 0 Å². The standard InChI is InChI=1S/C15H15FN2O/c16-12-4-8-14(9-5-12)18-15(19)10-3-11-1-6-13(17)7-2-11/h1-2,4-9H,3,10,17H2,(H,18,19). The van der Waals surface area contributed by atoms with Gasteiger partial charge < -0.3 is 11.1 Å². The summed E-state index contributed by atoms with van der Waals surface area (Å²) in [5.74, 6) is -0.414. The quantitative estimate of drug-likeness (QED) is 0.828. The van der Waals surface area contributed by atoms with Crippen molar-refractivity contribution in [2.24, 2.45) is 0 Å². The Labute approximate surface area is 111 Å². The third kappa shape index (κ3) is 4.10. The van der Waals surface area contributed by atoms with Crippen molar-refractivity contribution in [3.63, 3.8) is 0 Å². The Morgan fingerprint density at radius 2 is 1.68 bits per heavy atom. The number of hydrogen-bond acceptors (Lipinski definition) is 2. The van der Waals surface area contributed by atoms with Gasteiger partial charge in [0.2, 0.25) is 5.91 Å². The van der Waals surface area contributed by atoms with E-state index in [-0.39, 0.29) is 11.7 Å². The Hall–Kier alpha value is -2.36. The number of nitrogen functional groups attached to an aromatic ring is 1. The third-order valence-corrected chi connectivity index (χ3v) is 2.75.